The number of benzene rings is 2. The second kappa shape index (κ2) is 5.95. The Balaban J connectivity index is 2.26. The molecule has 0 radical (unpaired) electrons. The number of rotatable bonds is 3. The van der Waals surface area contributed by atoms with Crippen LogP contribution in [0.15, 0.2) is 36.4 Å². The maximum atomic E-state index is 13.5. The van der Waals surface area contributed by atoms with E-state index in [1.165, 1.54) is 0 Å². The van der Waals surface area contributed by atoms with Crippen molar-refractivity contribution in [3.8, 4) is 0 Å². The first-order valence-electron chi connectivity index (χ1n) is 6.10. The van der Waals surface area contributed by atoms with Gasteiger partial charge >= 0.3 is 0 Å². The Kier molecular flexibility index (Phi) is 4.26. The van der Waals surface area contributed by atoms with Crippen LogP contribution in [0.25, 0.3) is 0 Å². The summed E-state index contributed by atoms with van der Waals surface area (Å²) in [6.07, 6.45) is 0. The van der Waals surface area contributed by atoms with Gasteiger partial charge in [0.15, 0.2) is 23.3 Å². The summed E-state index contributed by atoms with van der Waals surface area (Å²) in [5.41, 5.74) is -0.150. The lowest BCUT2D eigenvalue weighted by Gasteiger charge is -2.15. The molecule has 1 amide bonds. The molecule has 0 bridgehead atoms. The van der Waals surface area contributed by atoms with Crippen molar-refractivity contribution in [2.24, 2.45) is 0 Å². The topological polar surface area (TPSA) is 29.1 Å². The minimum Gasteiger partial charge on any atom is -0.345 e. The Labute approximate surface area is 118 Å². The van der Waals surface area contributed by atoms with E-state index in [-0.39, 0.29) is 0 Å². The first-order valence-corrected chi connectivity index (χ1v) is 6.10. The summed E-state index contributed by atoms with van der Waals surface area (Å²) < 4.78 is 52.5. The van der Waals surface area contributed by atoms with Crippen LogP contribution in [-0.4, -0.2) is 5.91 Å². The minimum atomic E-state index is -2.01. The average molecular weight is 297 g/mol. The Bertz CT molecular complexity index is 673. The predicted molar refractivity (Wildman–Crippen MR) is 68.6 cm³/mol. The van der Waals surface area contributed by atoms with Gasteiger partial charge in [-0.3, -0.25) is 4.79 Å². The molecular formula is C15H11F4NO. The highest BCUT2D eigenvalue weighted by atomic mass is 19.2. The fraction of sp³-hybridized carbons (Fsp3) is 0.133. The standard InChI is InChI=1S/C15H11F4NO/c1-8(9-5-3-2-4-6-9)20-15(21)10-7-11(16)13(18)14(19)12(10)17/h2-8H,1H3,(H,20,21). The molecule has 1 N–H and O–H groups in total. The van der Waals surface area contributed by atoms with Crippen LogP contribution in [0.3, 0.4) is 0 Å². The summed E-state index contributed by atoms with van der Waals surface area (Å²) >= 11 is 0. The molecule has 0 aliphatic heterocycles. The highest BCUT2D eigenvalue weighted by molar-refractivity contribution is 5.94. The van der Waals surface area contributed by atoms with Gasteiger partial charge in [0.05, 0.1) is 11.6 Å². The van der Waals surface area contributed by atoms with Crippen molar-refractivity contribution >= 4 is 5.91 Å². The third-order valence-corrected chi connectivity index (χ3v) is 2.99. The van der Waals surface area contributed by atoms with Crippen LogP contribution >= 0.6 is 0 Å². The molecule has 2 rings (SSSR count). The Morgan fingerprint density at radius 3 is 2.24 bits per heavy atom. The van der Waals surface area contributed by atoms with E-state index in [9.17, 15) is 22.4 Å². The molecule has 0 fully saturated rings. The summed E-state index contributed by atoms with van der Waals surface area (Å²) in [5.74, 6) is -8.31. The average Bonchev–Trinajstić information content (AvgIpc) is 2.49. The molecule has 0 heterocycles. The van der Waals surface area contributed by atoms with E-state index in [2.05, 4.69) is 5.32 Å². The number of carbonyl (C=O) groups is 1. The maximum absolute atomic E-state index is 13.5. The van der Waals surface area contributed by atoms with E-state index >= 15 is 0 Å². The van der Waals surface area contributed by atoms with E-state index in [1.807, 2.05) is 0 Å². The van der Waals surface area contributed by atoms with E-state index in [4.69, 9.17) is 0 Å². The van der Waals surface area contributed by atoms with Crippen LogP contribution in [0.1, 0.15) is 28.9 Å². The highest BCUT2D eigenvalue weighted by Crippen LogP contribution is 2.20. The van der Waals surface area contributed by atoms with Gasteiger partial charge in [0, 0.05) is 0 Å². The molecule has 0 spiro atoms. The molecular weight excluding hydrogens is 286 g/mol. The first kappa shape index (κ1) is 15.0. The molecule has 2 aromatic rings. The fourth-order valence-electron chi connectivity index (χ4n) is 1.84. The van der Waals surface area contributed by atoms with Gasteiger partial charge in [0.1, 0.15) is 0 Å². The lowest BCUT2D eigenvalue weighted by molar-refractivity contribution is 0.0933. The number of hydrogen-bond acceptors (Lipinski definition) is 1. The molecule has 0 aromatic heterocycles. The third kappa shape index (κ3) is 3.04. The number of amides is 1. The largest absolute Gasteiger partial charge is 0.345 e. The summed E-state index contributed by atoms with van der Waals surface area (Å²) in [5, 5.41) is 2.39. The Morgan fingerprint density at radius 2 is 1.62 bits per heavy atom. The van der Waals surface area contributed by atoms with Gasteiger partial charge in [0.2, 0.25) is 0 Å². The molecule has 21 heavy (non-hydrogen) atoms. The molecule has 2 aromatic carbocycles. The highest BCUT2D eigenvalue weighted by Gasteiger charge is 2.23. The van der Waals surface area contributed by atoms with Crippen molar-refractivity contribution in [1.82, 2.24) is 5.32 Å². The van der Waals surface area contributed by atoms with Gasteiger partial charge in [-0.2, -0.15) is 0 Å². The second-order valence-electron chi connectivity index (χ2n) is 4.45. The zero-order chi connectivity index (χ0) is 15.6. The number of hydrogen-bond donors (Lipinski definition) is 1. The lowest BCUT2D eigenvalue weighted by Crippen LogP contribution is -2.28. The minimum absolute atomic E-state index is 0.334. The van der Waals surface area contributed by atoms with Gasteiger partial charge in [-0.25, -0.2) is 17.6 Å². The lowest BCUT2D eigenvalue weighted by atomic mass is 10.1. The molecule has 110 valence electrons. The second-order valence-corrected chi connectivity index (χ2v) is 4.45. The Hall–Kier alpha value is -2.37. The van der Waals surface area contributed by atoms with Crippen molar-refractivity contribution in [3.05, 3.63) is 70.8 Å². The molecule has 0 aliphatic carbocycles. The van der Waals surface area contributed by atoms with Crippen LogP contribution in [-0.2, 0) is 0 Å². The summed E-state index contributed by atoms with van der Waals surface area (Å²) in [7, 11) is 0. The number of nitrogens with one attached hydrogen (secondary N) is 1. The van der Waals surface area contributed by atoms with Gasteiger partial charge in [0.25, 0.3) is 5.91 Å². The normalized spacial score (nSPS) is 12.0. The monoisotopic (exact) mass is 297 g/mol. The summed E-state index contributed by atoms with van der Waals surface area (Å²) in [6, 6.07) is 8.56. The van der Waals surface area contributed by atoms with Gasteiger partial charge in [-0.15, -0.1) is 0 Å². The molecule has 1 unspecified atom stereocenters. The number of carbonyl (C=O) groups excluding carboxylic acids is 1. The van der Waals surface area contributed by atoms with Crippen LogP contribution in [0.2, 0.25) is 0 Å². The van der Waals surface area contributed by atoms with Crippen LogP contribution < -0.4 is 5.32 Å². The quantitative estimate of drug-likeness (QED) is 0.522. The van der Waals surface area contributed by atoms with E-state index in [0.717, 1.165) is 5.56 Å². The SMILES string of the molecule is CC(NC(=O)c1cc(F)c(F)c(F)c1F)c1ccccc1. The molecule has 6 heteroatoms. The molecule has 0 saturated carbocycles. The van der Waals surface area contributed by atoms with Crippen LogP contribution in [0.4, 0.5) is 17.6 Å². The smallest absolute Gasteiger partial charge is 0.254 e. The van der Waals surface area contributed by atoms with Crippen molar-refractivity contribution in [1.29, 1.82) is 0 Å². The zero-order valence-corrected chi connectivity index (χ0v) is 11.0. The predicted octanol–water partition coefficient (Wildman–Crippen LogP) is 3.73. The van der Waals surface area contributed by atoms with Gasteiger partial charge in [-0.05, 0) is 18.6 Å². The van der Waals surface area contributed by atoms with Gasteiger partial charge < -0.3 is 5.32 Å². The van der Waals surface area contributed by atoms with E-state index < -0.39 is 40.8 Å². The van der Waals surface area contributed by atoms with Crippen molar-refractivity contribution in [2.75, 3.05) is 0 Å². The van der Waals surface area contributed by atoms with Crippen LogP contribution in [0, 0.1) is 23.3 Å². The fourth-order valence-corrected chi connectivity index (χ4v) is 1.84. The molecule has 0 saturated heterocycles. The third-order valence-electron chi connectivity index (χ3n) is 2.99. The van der Waals surface area contributed by atoms with E-state index in [0.29, 0.717) is 6.07 Å². The summed E-state index contributed by atoms with van der Waals surface area (Å²) in [6.45, 7) is 1.63. The summed E-state index contributed by atoms with van der Waals surface area (Å²) in [4.78, 5) is 11.9. The van der Waals surface area contributed by atoms with Crippen LogP contribution in [0.5, 0.6) is 0 Å². The maximum Gasteiger partial charge on any atom is 0.254 e. The Morgan fingerprint density at radius 1 is 1.00 bits per heavy atom. The van der Waals surface area contributed by atoms with Gasteiger partial charge in [-0.1, -0.05) is 30.3 Å². The molecule has 2 nitrogen and oxygen atoms in total. The van der Waals surface area contributed by atoms with Crippen molar-refractivity contribution in [3.63, 3.8) is 0 Å². The van der Waals surface area contributed by atoms with Crippen molar-refractivity contribution in [2.45, 2.75) is 13.0 Å². The first-order chi connectivity index (χ1) is 9.91. The molecule has 1 atom stereocenters. The zero-order valence-electron chi connectivity index (χ0n) is 11.0. The number of halogens is 4. The molecule has 0 aliphatic rings. The van der Waals surface area contributed by atoms with E-state index in [1.54, 1.807) is 37.3 Å². The van der Waals surface area contributed by atoms with Crippen molar-refractivity contribution < 1.29 is 22.4 Å².